The Hall–Kier alpha value is -3.26. The molecule has 25 heavy (non-hydrogen) atoms. The molecule has 0 spiro atoms. The van der Waals surface area contributed by atoms with E-state index in [0.717, 1.165) is 16.7 Å². The largest absolute Gasteiger partial charge is 0.445 e. The summed E-state index contributed by atoms with van der Waals surface area (Å²) in [5, 5.41) is 5.16. The summed E-state index contributed by atoms with van der Waals surface area (Å²) in [6.07, 6.45) is -0.155. The van der Waals surface area contributed by atoms with Crippen molar-refractivity contribution in [1.82, 2.24) is 10.6 Å². The Balaban J connectivity index is 1.72. The van der Waals surface area contributed by atoms with Crippen LogP contribution in [0.15, 0.2) is 54.6 Å². The van der Waals surface area contributed by atoms with Gasteiger partial charge in [0, 0.05) is 12.6 Å². The molecule has 0 atom stereocenters. The van der Waals surface area contributed by atoms with Crippen molar-refractivity contribution in [1.29, 1.82) is 0 Å². The number of hydrogen-bond donors (Lipinski definition) is 2. The predicted octanol–water partition coefficient (Wildman–Crippen LogP) is 2.25. The van der Waals surface area contributed by atoms with Gasteiger partial charge in [-0.25, -0.2) is 4.79 Å². The first-order valence-corrected chi connectivity index (χ1v) is 7.90. The van der Waals surface area contributed by atoms with Crippen LogP contribution >= 0.6 is 0 Å². The molecule has 0 heterocycles. The van der Waals surface area contributed by atoms with Crippen molar-refractivity contribution in [3.8, 4) is 11.8 Å². The van der Waals surface area contributed by atoms with Crippen LogP contribution in [0.5, 0.6) is 0 Å². The zero-order valence-corrected chi connectivity index (χ0v) is 14.0. The van der Waals surface area contributed by atoms with Crippen molar-refractivity contribution in [3.05, 3.63) is 71.3 Å². The van der Waals surface area contributed by atoms with Crippen molar-refractivity contribution >= 4 is 12.0 Å². The molecule has 0 saturated carbocycles. The zero-order chi connectivity index (χ0) is 17.9. The molecule has 0 bridgehead atoms. The number of amides is 2. The number of nitrogens with one attached hydrogen (secondary N) is 2. The van der Waals surface area contributed by atoms with Crippen molar-refractivity contribution in [2.75, 3.05) is 13.6 Å². The Bertz CT molecular complexity index is 759. The summed E-state index contributed by atoms with van der Waals surface area (Å²) in [4.78, 5) is 22.9. The molecule has 0 unspecified atom stereocenters. The first-order chi connectivity index (χ1) is 12.2. The minimum Gasteiger partial charge on any atom is -0.445 e. The van der Waals surface area contributed by atoms with Crippen LogP contribution in [0.25, 0.3) is 0 Å². The van der Waals surface area contributed by atoms with Gasteiger partial charge < -0.3 is 15.4 Å². The third-order valence-corrected chi connectivity index (χ3v) is 3.36. The van der Waals surface area contributed by atoms with Gasteiger partial charge in [0.05, 0.1) is 13.0 Å². The van der Waals surface area contributed by atoms with Gasteiger partial charge in [0.25, 0.3) is 0 Å². The van der Waals surface area contributed by atoms with E-state index in [1.807, 2.05) is 54.6 Å². The topological polar surface area (TPSA) is 67.4 Å². The molecule has 2 aromatic rings. The van der Waals surface area contributed by atoms with Crippen molar-refractivity contribution in [2.45, 2.75) is 13.0 Å². The summed E-state index contributed by atoms with van der Waals surface area (Å²) in [6, 6.07) is 16.9. The maximum atomic E-state index is 11.6. The van der Waals surface area contributed by atoms with Crippen LogP contribution in [0, 0.1) is 11.8 Å². The molecular weight excluding hydrogens is 316 g/mol. The van der Waals surface area contributed by atoms with E-state index in [1.54, 1.807) is 7.05 Å². The molecule has 128 valence electrons. The highest BCUT2D eigenvalue weighted by atomic mass is 16.5. The normalized spacial score (nSPS) is 9.48. The van der Waals surface area contributed by atoms with E-state index >= 15 is 0 Å². The molecule has 5 heteroatoms. The van der Waals surface area contributed by atoms with Gasteiger partial charge in [-0.15, -0.1) is 0 Å². The molecule has 0 aliphatic rings. The molecule has 2 aromatic carbocycles. The van der Waals surface area contributed by atoms with E-state index in [2.05, 4.69) is 22.5 Å². The van der Waals surface area contributed by atoms with Gasteiger partial charge in [-0.05, 0) is 23.3 Å². The summed E-state index contributed by atoms with van der Waals surface area (Å²) in [7, 11) is 1.61. The molecule has 0 aromatic heterocycles. The minimum absolute atomic E-state index is 0.0305. The molecular formula is C20H20N2O3. The summed E-state index contributed by atoms with van der Waals surface area (Å²) in [6.45, 7) is 0.431. The lowest BCUT2D eigenvalue weighted by atomic mass is 10.1. The molecule has 2 rings (SSSR count). The standard InChI is InChI=1S/C20H20N2O3/c1-21-19(23)14-17-11-9-16(10-12-17)8-5-13-22-20(24)25-15-18-6-3-2-4-7-18/h2-4,6-7,9-12H,13-15H2,1H3,(H,21,23)(H,22,24). The third kappa shape index (κ3) is 6.80. The Morgan fingerprint density at radius 2 is 1.72 bits per heavy atom. The number of benzene rings is 2. The van der Waals surface area contributed by atoms with Gasteiger partial charge in [0.15, 0.2) is 0 Å². The monoisotopic (exact) mass is 336 g/mol. The van der Waals surface area contributed by atoms with Crippen LogP contribution in [-0.2, 0) is 22.6 Å². The molecule has 0 radical (unpaired) electrons. The third-order valence-electron chi connectivity index (χ3n) is 3.36. The maximum Gasteiger partial charge on any atom is 0.408 e. The smallest absolute Gasteiger partial charge is 0.408 e. The van der Waals surface area contributed by atoms with E-state index in [9.17, 15) is 9.59 Å². The lowest BCUT2D eigenvalue weighted by Gasteiger charge is -2.04. The number of hydrogen-bond acceptors (Lipinski definition) is 3. The van der Waals surface area contributed by atoms with Gasteiger partial charge in [-0.1, -0.05) is 54.3 Å². The zero-order valence-electron chi connectivity index (χ0n) is 14.0. The first-order valence-electron chi connectivity index (χ1n) is 7.90. The van der Waals surface area contributed by atoms with Gasteiger partial charge in [-0.3, -0.25) is 4.79 Å². The number of alkyl carbamates (subject to hydrolysis) is 1. The predicted molar refractivity (Wildman–Crippen MR) is 95.7 cm³/mol. The van der Waals surface area contributed by atoms with Crippen LogP contribution in [-0.4, -0.2) is 25.6 Å². The fraction of sp³-hybridized carbons (Fsp3) is 0.200. The highest BCUT2D eigenvalue weighted by Gasteiger charge is 2.01. The van der Waals surface area contributed by atoms with Crippen LogP contribution in [0.1, 0.15) is 16.7 Å². The highest BCUT2D eigenvalue weighted by molar-refractivity contribution is 5.78. The average molecular weight is 336 g/mol. The second kappa shape index (κ2) is 9.78. The van der Waals surface area contributed by atoms with Gasteiger partial charge in [-0.2, -0.15) is 0 Å². The number of carbonyl (C=O) groups excluding carboxylic acids is 2. The second-order valence-electron chi connectivity index (χ2n) is 5.26. The van der Waals surface area contributed by atoms with Crippen LogP contribution in [0.4, 0.5) is 4.79 Å². The maximum absolute atomic E-state index is 11.6. The van der Waals surface area contributed by atoms with Crippen molar-refractivity contribution in [2.24, 2.45) is 0 Å². The Morgan fingerprint density at radius 3 is 2.40 bits per heavy atom. The Morgan fingerprint density at radius 1 is 1.00 bits per heavy atom. The lowest BCUT2D eigenvalue weighted by molar-refractivity contribution is -0.119. The highest BCUT2D eigenvalue weighted by Crippen LogP contribution is 2.04. The first kappa shape index (κ1) is 18.1. The minimum atomic E-state index is -0.501. The molecule has 2 N–H and O–H groups in total. The SMILES string of the molecule is CNC(=O)Cc1ccc(C#CCNC(=O)OCc2ccccc2)cc1. The van der Waals surface area contributed by atoms with Crippen molar-refractivity contribution in [3.63, 3.8) is 0 Å². The molecule has 5 nitrogen and oxygen atoms in total. The van der Waals surface area contributed by atoms with Crippen LogP contribution in [0.2, 0.25) is 0 Å². The van der Waals surface area contributed by atoms with Crippen molar-refractivity contribution < 1.29 is 14.3 Å². The van der Waals surface area contributed by atoms with Gasteiger partial charge >= 0.3 is 6.09 Å². The number of rotatable bonds is 5. The van der Waals surface area contributed by atoms with E-state index in [-0.39, 0.29) is 19.1 Å². The number of carbonyl (C=O) groups is 2. The molecule has 0 aliphatic heterocycles. The van der Waals surface area contributed by atoms with Crippen LogP contribution in [0.3, 0.4) is 0 Å². The summed E-state index contributed by atoms with van der Waals surface area (Å²) < 4.78 is 5.09. The fourth-order valence-corrected chi connectivity index (χ4v) is 2.02. The van der Waals surface area contributed by atoms with Gasteiger partial charge in [0.2, 0.25) is 5.91 Å². The Labute approximate surface area is 147 Å². The van der Waals surface area contributed by atoms with Crippen LogP contribution < -0.4 is 10.6 Å². The number of likely N-dealkylation sites (N-methyl/N-ethyl adjacent to an activating group) is 1. The van der Waals surface area contributed by atoms with E-state index in [4.69, 9.17) is 4.74 Å². The summed E-state index contributed by atoms with van der Waals surface area (Å²) >= 11 is 0. The molecule has 0 saturated heterocycles. The van der Waals surface area contributed by atoms with E-state index in [0.29, 0.717) is 6.42 Å². The average Bonchev–Trinajstić information content (AvgIpc) is 2.65. The summed E-state index contributed by atoms with van der Waals surface area (Å²) in [5.41, 5.74) is 2.67. The Kier molecular flexibility index (Phi) is 7.08. The molecule has 2 amide bonds. The lowest BCUT2D eigenvalue weighted by Crippen LogP contribution is -2.24. The molecule has 0 aliphatic carbocycles. The fourth-order valence-electron chi connectivity index (χ4n) is 2.02. The quantitative estimate of drug-likeness (QED) is 0.823. The number of ether oxygens (including phenoxy) is 1. The van der Waals surface area contributed by atoms with Gasteiger partial charge in [0.1, 0.15) is 6.61 Å². The molecule has 0 fully saturated rings. The van der Waals surface area contributed by atoms with E-state index in [1.165, 1.54) is 0 Å². The summed E-state index contributed by atoms with van der Waals surface area (Å²) in [5.74, 6) is 5.78. The second-order valence-corrected chi connectivity index (χ2v) is 5.26. The van der Waals surface area contributed by atoms with E-state index < -0.39 is 6.09 Å².